The number of carbonyl (C=O) groups excluding carboxylic acids is 4. The first kappa shape index (κ1) is 31.5. The first-order valence-electron chi connectivity index (χ1n) is 15.7. The molecule has 46 heavy (non-hydrogen) atoms. The molecule has 1 atom stereocenters. The fourth-order valence-corrected chi connectivity index (χ4v) is 6.44. The minimum Gasteiger partial charge on any atom is -0.368 e. The van der Waals surface area contributed by atoms with Gasteiger partial charge in [-0.2, -0.15) is 0 Å². The Morgan fingerprint density at radius 3 is 1.50 bits per heavy atom. The molecule has 2 heterocycles. The van der Waals surface area contributed by atoms with E-state index in [1.165, 1.54) is 9.80 Å². The van der Waals surface area contributed by atoms with Gasteiger partial charge in [-0.1, -0.05) is 48.5 Å². The largest absolute Gasteiger partial charge is 0.368 e. The minimum absolute atomic E-state index is 0.223. The van der Waals surface area contributed by atoms with Crippen LogP contribution in [0.1, 0.15) is 54.8 Å². The van der Waals surface area contributed by atoms with Crippen molar-refractivity contribution in [2.24, 2.45) is 0 Å². The smallest absolute Gasteiger partial charge is 0.261 e. The highest BCUT2D eigenvalue weighted by Gasteiger charge is 2.34. The number of imide groups is 2. The molecule has 10 heteroatoms. The van der Waals surface area contributed by atoms with Crippen LogP contribution in [-0.2, 0) is 4.74 Å². The van der Waals surface area contributed by atoms with Gasteiger partial charge >= 0.3 is 0 Å². The molecule has 0 radical (unpaired) electrons. The lowest BCUT2D eigenvalue weighted by Gasteiger charge is -2.31. The summed E-state index contributed by atoms with van der Waals surface area (Å²) in [5, 5.41) is 12.8. The lowest BCUT2D eigenvalue weighted by molar-refractivity contribution is -0.0894. The summed E-state index contributed by atoms with van der Waals surface area (Å²) in [5.74, 6) is -1.13. The van der Waals surface area contributed by atoms with Crippen LogP contribution >= 0.6 is 0 Å². The van der Waals surface area contributed by atoms with Crippen LogP contribution in [0.2, 0.25) is 0 Å². The lowest BCUT2D eigenvalue weighted by Crippen LogP contribution is -2.46. The van der Waals surface area contributed by atoms with Gasteiger partial charge in [0.1, 0.15) is 0 Å². The molecule has 1 unspecified atom stereocenters. The van der Waals surface area contributed by atoms with Gasteiger partial charge in [0.05, 0.1) is 6.61 Å². The lowest BCUT2D eigenvalue weighted by atomic mass is 9.94. The van der Waals surface area contributed by atoms with Crippen LogP contribution in [-0.4, -0.2) is 114 Å². The zero-order chi connectivity index (χ0) is 32.4. The molecular formula is C36H38N4O6. The van der Waals surface area contributed by atoms with Crippen LogP contribution in [0.15, 0.2) is 72.8 Å². The molecule has 6 rings (SSSR count). The van der Waals surface area contributed by atoms with Crippen molar-refractivity contribution in [3.8, 4) is 0 Å². The normalized spacial score (nSPS) is 15.2. The van der Waals surface area contributed by atoms with Gasteiger partial charge in [0.25, 0.3) is 23.6 Å². The van der Waals surface area contributed by atoms with Crippen molar-refractivity contribution in [2.45, 2.75) is 19.6 Å². The van der Waals surface area contributed by atoms with Crippen LogP contribution in [0.4, 0.5) is 0 Å². The molecule has 2 aliphatic rings. The molecule has 0 bridgehead atoms. The molecular weight excluding hydrogens is 584 g/mol. The zero-order valence-corrected chi connectivity index (χ0v) is 26.1. The molecule has 2 aliphatic heterocycles. The number of amides is 4. The molecule has 4 aromatic rings. The summed E-state index contributed by atoms with van der Waals surface area (Å²) in [5.41, 5.74) is 2.17. The molecule has 0 spiro atoms. The molecule has 0 saturated carbocycles. The maximum atomic E-state index is 13.4. The number of nitrogens with zero attached hydrogens (tertiary/aromatic N) is 4. The van der Waals surface area contributed by atoms with E-state index in [0.717, 1.165) is 22.6 Å². The number of likely N-dealkylation sites (N-methyl/N-ethyl adjacent to an activating group) is 1. The number of aliphatic hydroxyl groups is 1. The Bertz CT molecular complexity index is 1720. The Kier molecular flexibility index (Phi) is 9.23. The Balaban J connectivity index is 1.04. The first-order chi connectivity index (χ1) is 22.2. The molecule has 4 amide bonds. The van der Waals surface area contributed by atoms with Crippen molar-refractivity contribution in [2.75, 3.05) is 59.5 Å². The van der Waals surface area contributed by atoms with Crippen LogP contribution in [0, 0.1) is 0 Å². The number of carbonyl (C=O) groups is 4. The molecule has 1 N–H and O–H groups in total. The highest BCUT2D eigenvalue weighted by Crippen LogP contribution is 2.31. The van der Waals surface area contributed by atoms with E-state index in [4.69, 9.17) is 4.74 Å². The van der Waals surface area contributed by atoms with E-state index >= 15 is 0 Å². The number of benzene rings is 4. The van der Waals surface area contributed by atoms with Gasteiger partial charge in [0.2, 0.25) is 0 Å². The first-order valence-corrected chi connectivity index (χ1v) is 15.7. The number of rotatable bonds is 14. The maximum absolute atomic E-state index is 13.4. The third kappa shape index (κ3) is 6.17. The van der Waals surface area contributed by atoms with Crippen molar-refractivity contribution in [3.63, 3.8) is 0 Å². The maximum Gasteiger partial charge on any atom is 0.261 e. The molecule has 0 aliphatic carbocycles. The number of hydrogen-bond acceptors (Lipinski definition) is 8. The molecule has 238 valence electrons. The summed E-state index contributed by atoms with van der Waals surface area (Å²) in [6.45, 7) is 5.19. The fourth-order valence-electron chi connectivity index (χ4n) is 6.44. The Labute approximate surface area is 267 Å². The van der Waals surface area contributed by atoms with Gasteiger partial charge < -0.3 is 14.7 Å². The summed E-state index contributed by atoms with van der Waals surface area (Å²) >= 11 is 0. The third-order valence-electron chi connectivity index (χ3n) is 8.84. The topological polar surface area (TPSA) is 111 Å². The Morgan fingerprint density at radius 2 is 1.07 bits per heavy atom. The molecule has 0 saturated heterocycles. The minimum atomic E-state index is -0.894. The van der Waals surface area contributed by atoms with Crippen molar-refractivity contribution in [1.29, 1.82) is 0 Å². The van der Waals surface area contributed by atoms with E-state index in [1.807, 2.05) is 55.6 Å². The molecule has 0 aromatic heterocycles. The third-order valence-corrected chi connectivity index (χ3v) is 8.84. The van der Waals surface area contributed by atoms with Gasteiger partial charge in [-0.15, -0.1) is 0 Å². The standard InChI is InChI=1S/C36H38N4O6/c1-24(41)46-23-22-38(19-21-40-35(44)29-14-5-10-26-11-6-15-30(32(26)29)36(40)45)17-7-16-37(2)18-20-39-33(42)27-12-3-8-25-9-4-13-28(31(25)27)34(39)43/h3-6,8-15,24,41H,7,16-23H2,1-2H3. The van der Waals surface area contributed by atoms with E-state index in [-0.39, 0.29) is 36.7 Å². The highest BCUT2D eigenvalue weighted by atomic mass is 16.6. The summed E-state index contributed by atoms with van der Waals surface area (Å²) in [6, 6.07) is 22.1. The summed E-state index contributed by atoms with van der Waals surface area (Å²) in [6.07, 6.45) is -0.131. The van der Waals surface area contributed by atoms with Crippen molar-refractivity contribution >= 4 is 45.2 Å². The summed E-state index contributed by atoms with van der Waals surface area (Å²) < 4.78 is 5.38. The van der Waals surface area contributed by atoms with Gasteiger partial charge in [-0.05, 0) is 68.5 Å². The van der Waals surface area contributed by atoms with Gasteiger partial charge in [0.15, 0.2) is 6.29 Å². The number of aliphatic hydroxyl groups excluding tert-OH is 1. The Morgan fingerprint density at radius 1 is 0.630 bits per heavy atom. The van der Waals surface area contributed by atoms with Crippen LogP contribution in [0.25, 0.3) is 21.5 Å². The quantitative estimate of drug-likeness (QED) is 0.167. The fraction of sp³-hybridized carbons (Fsp3) is 0.333. The highest BCUT2D eigenvalue weighted by molar-refractivity contribution is 6.26. The van der Waals surface area contributed by atoms with E-state index in [1.54, 1.807) is 31.2 Å². The second-order valence-electron chi connectivity index (χ2n) is 11.9. The monoisotopic (exact) mass is 622 g/mol. The van der Waals surface area contributed by atoms with E-state index in [2.05, 4.69) is 9.80 Å². The predicted octanol–water partition coefficient (Wildman–Crippen LogP) is 3.86. The average Bonchev–Trinajstić information content (AvgIpc) is 3.05. The molecule has 4 aromatic carbocycles. The average molecular weight is 623 g/mol. The van der Waals surface area contributed by atoms with E-state index in [9.17, 15) is 24.3 Å². The summed E-state index contributed by atoms with van der Waals surface area (Å²) in [7, 11) is 1.96. The number of hydrogen-bond donors (Lipinski definition) is 1. The van der Waals surface area contributed by atoms with Crippen molar-refractivity contribution in [1.82, 2.24) is 19.6 Å². The zero-order valence-electron chi connectivity index (χ0n) is 26.1. The Hall–Kier alpha value is -4.48. The second kappa shape index (κ2) is 13.5. The predicted molar refractivity (Wildman–Crippen MR) is 175 cm³/mol. The molecule has 0 fully saturated rings. The SMILES string of the molecule is CC(O)OCCN(CCCN(C)CCN1C(=O)c2cccc3cccc(c23)C1=O)CCN1C(=O)c2cccc3cccc(c23)C1=O. The van der Waals surface area contributed by atoms with Crippen LogP contribution in [0.5, 0.6) is 0 Å². The van der Waals surface area contributed by atoms with Gasteiger partial charge in [0, 0.05) is 65.8 Å². The van der Waals surface area contributed by atoms with Gasteiger partial charge in [-0.3, -0.25) is 33.9 Å². The van der Waals surface area contributed by atoms with Crippen molar-refractivity contribution in [3.05, 3.63) is 95.1 Å². The van der Waals surface area contributed by atoms with E-state index in [0.29, 0.717) is 67.0 Å². The van der Waals surface area contributed by atoms with E-state index < -0.39 is 6.29 Å². The van der Waals surface area contributed by atoms with Gasteiger partial charge in [-0.25, -0.2) is 0 Å². The summed E-state index contributed by atoms with van der Waals surface area (Å²) in [4.78, 5) is 60.1. The number of ether oxygens (including phenoxy) is 1. The van der Waals surface area contributed by atoms with Crippen LogP contribution < -0.4 is 0 Å². The van der Waals surface area contributed by atoms with Crippen LogP contribution in [0.3, 0.4) is 0 Å². The second-order valence-corrected chi connectivity index (χ2v) is 11.9. The molecule has 10 nitrogen and oxygen atoms in total. The van der Waals surface area contributed by atoms with Crippen molar-refractivity contribution < 1.29 is 29.0 Å².